The first-order valence-electron chi connectivity index (χ1n) is 10.9. The molecule has 2 saturated heterocycles. The first-order valence-corrected chi connectivity index (χ1v) is 11.9. The second kappa shape index (κ2) is 8.10. The lowest BCUT2D eigenvalue weighted by Gasteiger charge is -2.56. The largest absolute Gasteiger partial charge is 0.493 e. The molecular formula is C24H27N3O4S. The van der Waals surface area contributed by atoms with Crippen LogP contribution in [0.1, 0.15) is 30.5 Å². The number of thioether (sulfide) groups is 1. The molecule has 32 heavy (non-hydrogen) atoms. The highest BCUT2D eigenvalue weighted by atomic mass is 32.2. The van der Waals surface area contributed by atoms with Crippen molar-refractivity contribution in [3.63, 3.8) is 0 Å². The van der Waals surface area contributed by atoms with Crippen molar-refractivity contribution in [1.82, 2.24) is 9.80 Å². The number of amides is 2. The molecule has 3 heterocycles. The number of fused-ring (bicyclic) bond motifs is 2. The van der Waals surface area contributed by atoms with Crippen LogP contribution in [0.15, 0.2) is 54.6 Å². The van der Waals surface area contributed by atoms with Gasteiger partial charge in [-0.3, -0.25) is 9.59 Å². The molecule has 3 N–H and O–H groups in total. The zero-order valence-electron chi connectivity index (χ0n) is 17.9. The molecule has 3 aliphatic rings. The minimum Gasteiger partial charge on any atom is -0.493 e. The molecule has 2 fully saturated rings. The number of nitrogens with zero attached hydrogens (tertiary/aromatic N) is 2. The maximum atomic E-state index is 13.3. The van der Waals surface area contributed by atoms with E-state index in [0.29, 0.717) is 25.3 Å². The Morgan fingerprint density at radius 1 is 1.25 bits per heavy atom. The number of aliphatic hydroxyl groups excluding tert-OH is 1. The molecule has 0 bridgehead atoms. The van der Waals surface area contributed by atoms with Crippen molar-refractivity contribution in [1.29, 1.82) is 0 Å². The van der Waals surface area contributed by atoms with Crippen LogP contribution in [0.4, 0.5) is 0 Å². The molecular weight excluding hydrogens is 426 g/mol. The number of hydrogen-bond donors (Lipinski definition) is 2. The fourth-order valence-corrected chi connectivity index (χ4v) is 6.51. The van der Waals surface area contributed by atoms with E-state index in [1.165, 1.54) is 4.90 Å². The molecule has 2 aromatic carbocycles. The number of ether oxygens (including phenoxy) is 1. The average molecular weight is 454 g/mol. The smallest absolute Gasteiger partial charge is 0.254 e. The maximum absolute atomic E-state index is 13.3. The van der Waals surface area contributed by atoms with Crippen molar-refractivity contribution in [2.24, 2.45) is 5.73 Å². The number of para-hydroxylation sites is 1. The number of hydrogen-bond acceptors (Lipinski definition) is 6. The molecule has 0 aliphatic carbocycles. The summed E-state index contributed by atoms with van der Waals surface area (Å²) in [5.41, 5.74) is 8.12. The van der Waals surface area contributed by atoms with Crippen LogP contribution in [-0.2, 0) is 16.0 Å². The Labute approximate surface area is 191 Å². The lowest BCUT2D eigenvalue weighted by molar-refractivity contribution is -0.172. The van der Waals surface area contributed by atoms with Gasteiger partial charge < -0.3 is 25.4 Å². The molecule has 0 aromatic heterocycles. The van der Waals surface area contributed by atoms with Crippen LogP contribution < -0.4 is 10.5 Å². The van der Waals surface area contributed by atoms with Crippen molar-refractivity contribution in [2.75, 3.05) is 12.5 Å². The lowest BCUT2D eigenvalue weighted by atomic mass is 9.87. The fourth-order valence-electron chi connectivity index (χ4n) is 5.09. The summed E-state index contributed by atoms with van der Waals surface area (Å²) in [6, 6.07) is 15.9. The first kappa shape index (κ1) is 21.3. The van der Waals surface area contributed by atoms with Crippen LogP contribution in [0, 0.1) is 0 Å². The normalized spacial score (nSPS) is 28.3. The zero-order chi connectivity index (χ0) is 22.5. The van der Waals surface area contributed by atoms with Crippen LogP contribution in [-0.4, -0.2) is 62.3 Å². The Morgan fingerprint density at radius 3 is 2.75 bits per heavy atom. The molecule has 0 radical (unpaired) electrons. The Hall–Kier alpha value is -2.55. The standard InChI is InChI=1S/C24H27N3O4S/c1-24-21(23(30)27(24)18-11-12-31-19-10-6-5-9-16(18)19)26(14-32-24)22(29)20(28)17(25)13-15-7-3-2-4-8-15/h2-10,17-18,20-21,28H,11-14,25H2,1H3/t17-,18-,20-,21+,24?/m0/s1. The summed E-state index contributed by atoms with van der Waals surface area (Å²) in [5.74, 6) is 0.593. The number of likely N-dealkylation sites (tertiary alicyclic amines) is 1. The van der Waals surface area contributed by atoms with E-state index in [0.717, 1.165) is 16.9 Å². The minimum absolute atomic E-state index is 0.0819. The molecule has 5 atom stereocenters. The molecule has 2 amide bonds. The summed E-state index contributed by atoms with van der Waals surface area (Å²) >= 11 is 1.56. The average Bonchev–Trinajstić information content (AvgIpc) is 3.12. The van der Waals surface area contributed by atoms with Crippen molar-refractivity contribution in [2.45, 2.75) is 48.9 Å². The van der Waals surface area contributed by atoms with Gasteiger partial charge in [0.25, 0.3) is 5.91 Å². The molecule has 0 spiro atoms. The molecule has 2 aromatic rings. The highest BCUT2D eigenvalue weighted by Gasteiger charge is 2.67. The van der Waals surface area contributed by atoms with Gasteiger partial charge >= 0.3 is 0 Å². The van der Waals surface area contributed by atoms with Crippen LogP contribution in [0.25, 0.3) is 0 Å². The summed E-state index contributed by atoms with van der Waals surface area (Å²) in [7, 11) is 0. The summed E-state index contributed by atoms with van der Waals surface area (Å²) in [5, 5.41) is 10.7. The third-order valence-electron chi connectivity index (χ3n) is 6.76. The number of β-lactam (4-membered cyclic amide) rings is 1. The second-order valence-corrected chi connectivity index (χ2v) is 10.1. The number of nitrogens with two attached hydrogens (primary N) is 1. The van der Waals surface area contributed by atoms with E-state index in [4.69, 9.17) is 10.5 Å². The second-order valence-electron chi connectivity index (χ2n) is 8.74. The Bertz CT molecular complexity index is 1030. The molecule has 5 rings (SSSR count). The van der Waals surface area contributed by atoms with E-state index >= 15 is 0 Å². The minimum atomic E-state index is -1.36. The molecule has 7 nitrogen and oxygen atoms in total. The Balaban J connectivity index is 1.32. The van der Waals surface area contributed by atoms with Crippen LogP contribution in [0.3, 0.4) is 0 Å². The van der Waals surface area contributed by atoms with Gasteiger partial charge in [0.15, 0.2) is 0 Å². The zero-order valence-corrected chi connectivity index (χ0v) is 18.7. The highest BCUT2D eigenvalue weighted by Crippen LogP contribution is 2.55. The van der Waals surface area contributed by atoms with Gasteiger partial charge in [0.05, 0.1) is 18.5 Å². The summed E-state index contributed by atoms with van der Waals surface area (Å²) in [4.78, 5) is 29.3. The van der Waals surface area contributed by atoms with Gasteiger partial charge in [0, 0.05) is 18.0 Å². The van der Waals surface area contributed by atoms with Gasteiger partial charge in [-0.1, -0.05) is 48.5 Å². The Kier molecular flexibility index (Phi) is 5.39. The number of carbonyl (C=O) groups excluding carboxylic acids is 2. The van der Waals surface area contributed by atoms with E-state index < -0.39 is 29.0 Å². The first-order chi connectivity index (χ1) is 15.4. The van der Waals surface area contributed by atoms with Crippen molar-refractivity contribution >= 4 is 23.6 Å². The van der Waals surface area contributed by atoms with E-state index in [-0.39, 0.29) is 11.9 Å². The third kappa shape index (κ3) is 3.29. The molecule has 3 aliphatic heterocycles. The van der Waals surface area contributed by atoms with Gasteiger partial charge in [-0.25, -0.2) is 0 Å². The monoisotopic (exact) mass is 453 g/mol. The van der Waals surface area contributed by atoms with E-state index in [9.17, 15) is 14.7 Å². The molecule has 0 saturated carbocycles. The van der Waals surface area contributed by atoms with E-state index in [2.05, 4.69) is 0 Å². The SMILES string of the molecule is CC12SCN(C(=O)[C@@H](O)[C@@H](N)Cc3ccccc3)[C@@H]1C(=O)N2[C@H]1CCOc2ccccc21. The lowest BCUT2D eigenvalue weighted by Crippen LogP contribution is -2.74. The summed E-state index contributed by atoms with van der Waals surface area (Å²) in [6.45, 7) is 2.55. The van der Waals surface area contributed by atoms with Gasteiger partial charge in [-0.05, 0) is 25.0 Å². The van der Waals surface area contributed by atoms with Gasteiger partial charge in [0.2, 0.25) is 5.91 Å². The van der Waals surface area contributed by atoms with Crippen molar-refractivity contribution in [3.8, 4) is 5.75 Å². The van der Waals surface area contributed by atoms with Crippen molar-refractivity contribution < 1.29 is 19.4 Å². The van der Waals surface area contributed by atoms with Crippen molar-refractivity contribution in [3.05, 3.63) is 65.7 Å². The topological polar surface area (TPSA) is 96.1 Å². The summed E-state index contributed by atoms with van der Waals surface area (Å²) < 4.78 is 5.76. The number of aliphatic hydroxyl groups is 1. The summed E-state index contributed by atoms with van der Waals surface area (Å²) in [6.07, 6.45) is -0.261. The fraction of sp³-hybridized carbons (Fsp3) is 0.417. The van der Waals surface area contributed by atoms with E-state index in [1.807, 2.05) is 66.4 Å². The van der Waals surface area contributed by atoms with Crippen LogP contribution in [0.5, 0.6) is 5.75 Å². The van der Waals surface area contributed by atoms with E-state index in [1.54, 1.807) is 11.8 Å². The quantitative estimate of drug-likeness (QED) is 0.672. The predicted molar refractivity (Wildman–Crippen MR) is 122 cm³/mol. The molecule has 1 unspecified atom stereocenters. The van der Waals surface area contributed by atoms with Crippen LogP contribution >= 0.6 is 11.8 Å². The van der Waals surface area contributed by atoms with Gasteiger partial charge in [-0.15, -0.1) is 11.8 Å². The Morgan fingerprint density at radius 2 is 1.97 bits per heavy atom. The number of carbonyl (C=O) groups is 2. The number of rotatable bonds is 5. The van der Waals surface area contributed by atoms with Gasteiger partial charge in [0.1, 0.15) is 22.8 Å². The van der Waals surface area contributed by atoms with Gasteiger partial charge in [-0.2, -0.15) is 0 Å². The number of benzene rings is 2. The predicted octanol–water partition coefficient (Wildman–Crippen LogP) is 1.90. The highest BCUT2D eigenvalue weighted by molar-refractivity contribution is 8.01. The van der Waals surface area contributed by atoms with Crippen LogP contribution in [0.2, 0.25) is 0 Å². The molecule has 8 heteroatoms. The maximum Gasteiger partial charge on any atom is 0.254 e. The third-order valence-corrected chi connectivity index (χ3v) is 8.17. The molecule has 168 valence electrons.